The van der Waals surface area contributed by atoms with E-state index in [1.54, 1.807) is 0 Å². The Morgan fingerprint density at radius 1 is 1.29 bits per heavy atom. The molecule has 0 bridgehead atoms. The van der Waals surface area contributed by atoms with Crippen LogP contribution in [0.2, 0.25) is 0 Å². The summed E-state index contributed by atoms with van der Waals surface area (Å²) in [5.41, 5.74) is 7.28. The molecular weight excluding hydrogens is 228 g/mol. The Morgan fingerprint density at radius 3 is 2.76 bits per heavy atom. The van der Waals surface area contributed by atoms with Crippen molar-refractivity contribution in [3.8, 4) is 0 Å². The number of fused-ring (bicyclic) bond motifs is 1. The summed E-state index contributed by atoms with van der Waals surface area (Å²) < 4.78 is 1.35. The summed E-state index contributed by atoms with van der Waals surface area (Å²) in [5.74, 6) is 0. The van der Waals surface area contributed by atoms with E-state index in [9.17, 15) is 0 Å². The van der Waals surface area contributed by atoms with E-state index in [-0.39, 0.29) is 0 Å². The van der Waals surface area contributed by atoms with Crippen LogP contribution >= 0.6 is 11.3 Å². The average molecular weight is 248 g/mol. The third-order valence-corrected chi connectivity index (χ3v) is 4.24. The van der Waals surface area contributed by atoms with E-state index in [0.717, 1.165) is 13.1 Å². The van der Waals surface area contributed by atoms with Crippen LogP contribution in [0.3, 0.4) is 0 Å². The summed E-state index contributed by atoms with van der Waals surface area (Å²) in [7, 11) is 2.18. The fraction of sp³-hybridized carbons (Fsp3) is 0.429. The van der Waals surface area contributed by atoms with Crippen LogP contribution in [-0.4, -0.2) is 18.5 Å². The van der Waals surface area contributed by atoms with Gasteiger partial charge in [0.2, 0.25) is 0 Å². The molecule has 1 aromatic heterocycles. The molecule has 0 aliphatic heterocycles. The van der Waals surface area contributed by atoms with Crippen LogP contribution in [0.15, 0.2) is 24.3 Å². The SMILES string of the molecule is CCCN(C)Cc1c(CN)sc2ccccc12. The summed E-state index contributed by atoms with van der Waals surface area (Å²) in [5, 5.41) is 1.38. The van der Waals surface area contributed by atoms with E-state index in [4.69, 9.17) is 5.73 Å². The highest BCUT2D eigenvalue weighted by Crippen LogP contribution is 2.31. The van der Waals surface area contributed by atoms with Crippen LogP contribution in [0.4, 0.5) is 0 Å². The van der Waals surface area contributed by atoms with E-state index in [1.165, 1.54) is 26.9 Å². The second kappa shape index (κ2) is 5.63. The van der Waals surface area contributed by atoms with Crippen molar-refractivity contribution in [2.24, 2.45) is 5.73 Å². The monoisotopic (exact) mass is 248 g/mol. The molecule has 0 amide bonds. The van der Waals surface area contributed by atoms with Gasteiger partial charge in [-0.05, 0) is 37.0 Å². The Hall–Kier alpha value is -0.900. The van der Waals surface area contributed by atoms with Gasteiger partial charge in [0.05, 0.1) is 0 Å². The van der Waals surface area contributed by atoms with E-state index in [1.807, 2.05) is 11.3 Å². The predicted octanol–water partition coefficient (Wildman–Crippen LogP) is 3.20. The molecule has 0 aliphatic rings. The van der Waals surface area contributed by atoms with Gasteiger partial charge in [0.25, 0.3) is 0 Å². The maximum Gasteiger partial charge on any atom is 0.0349 e. The molecule has 2 nitrogen and oxygen atoms in total. The first-order valence-corrected chi connectivity index (χ1v) is 6.95. The zero-order chi connectivity index (χ0) is 12.3. The van der Waals surface area contributed by atoms with Gasteiger partial charge in [-0.2, -0.15) is 0 Å². The third-order valence-electron chi connectivity index (χ3n) is 3.00. The van der Waals surface area contributed by atoms with Crippen LogP contribution in [0.1, 0.15) is 23.8 Å². The second-order valence-electron chi connectivity index (χ2n) is 4.44. The quantitative estimate of drug-likeness (QED) is 0.880. The Labute approximate surface area is 107 Å². The molecular formula is C14H20N2S. The molecule has 92 valence electrons. The average Bonchev–Trinajstić information content (AvgIpc) is 2.68. The van der Waals surface area contributed by atoms with Gasteiger partial charge in [-0.1, -0.05) is 25.1 Å². The fourth-order valence-corrected chi connectivity index (χ4v) is 3.31. The van der Waals surface area contributed by atoms with Gasteiger partial charge in [-0.25, -0.2) is 0 Å². The summed E-state index contributed by atoms with van der Waals surface area (Å²) >= 11 is 1.83. The Bertz CT molecular complexity index is 490. The summed E-state index contributed by atoms with van der Waals surface area (Å²) in [6, 6.07) is 8.60. The summed E-state index contributed by atoms with van der Waals surface area (Å²) in [6.45, 7) is 5.00. The number of hydrogen-bond acceptors (Lipinski definition) is 3. The van der Waals surface area contributed by atoms with Gasteiger partial charge >= 0.3 is 0 Å². The Morgan fingerprint density at radius 2 is 2.06 bits per heavy atom. The first kappa shape index (κ1) is 12.6. The van der Waals surface area contributed by atoms with E-state index < -0.39 is 0 Å². The van der Waals surface area contributed by atoms with Crippen molar-refractivity contribution in [3.63, 3.8) is 0 Å². The molecule has 2 N–H and O–H groups in total. The minimum atomic E-state index is 0.647. The lowest BCUT2D eigenvalue weighted by Crippen LogP contribution is -2.19. The molecule has 17 heavy (non-hydrogen) atoms. The van der Waals surface area contributed by atoms with Crippen LogP contribution < -0.4 is 5.73 Å². The molecule has 0 radical (unpaired) electrons. The molecule has 0 fully saturated rings. The smallest absolute Gasteiger partial charge is 0.0349 e. The van der Waals surface area contributed by atoms with Gasteiger partial charge in [0.15, 0.2) is 0 Å². The second-order valence-corrected chi connectivity index (χ2v) is 5.58. The lowest BCUT2D eigenvalue weighted by molar-refractivity contribution is 0.328. The summed E-state index contributed by atoms with van der Waals surface area (Å²) in [4.78, 5) is 3.70. The Balaban J connectivity index is 2.36. The van der Waals surface area contributed by atoms with Crippen LogP contribution in [0.5, 0.6) is 0 Å². The standard InChI is InChI=1S/C14H20N2S/c1-3-8-16(2)10-12-11-6-4-5-7-13(11)17-14(12)9-15/h4-7H,3,8-10,15H2,1-2H3. The molecule has 0 atom stereocenters. The topological polar surface area (TPSA) is 29.3 Å². The van der Waals surface area contributed by atoms with Gasteiger partial charge in [-0.15, -0.1) is 11.3 Å². The molecule has 0 spiro atoms. The van der Waals surface area contributed by atoms with Crippen molar-refractivity contribution in [1.29, 1.82) is 0 Å². The lowest BCUT2D eigenvalue weighted by Gasteiger charge is -2.16. The van der Waals surface area contributed by atoms with Gasteiger partial charge < -0.3 is 10.6 Å². The lowest BCUT2D eigenvalue weighted by atomic mass is 10.1. The molecule has 1 heterocycles. The molecule has 2 rings (SSSR count). The van der Waals surface area contributed by atoms with E-state index in [2.05, 4.69) is 43.1 Å². The van der Waals surface area contributed by atoms with Gasteiger partial charge in [0, 0.05) is 22.7 Å². The number of nitrogens with two attached hydrogens (primary N) is 1. The van der Waals surface area contributed by atoms with Crippen molar-refractivity contribution in [1.82, 2.24) is 4.90 Å². The van der Waals surface area contributed by atoms with Crippen molar-refractivity contribution in [2.45, 2.75) is 26.4 Å². The van der Waals surface area contributed by atoms with Crippen molar-refractivity contribution in [3.05, 3.63) is 34.7 Å². The zero-order valence-corrected chi connectivity index (χ0v) is 11.4. The number of hydrogen-bond donors (Lipinski definition) is 1. The fourth-order valence-electron chi connectivity index (χ4n) is 2.22. The largest absolute Gasteiger partial charge is 0.326 e. The van der Waals surface area contributed by atoms with Gasteiger partial charge in [0.1, 0.15) is 0 Å². The first-order valence-electron chi connectivity index (χ1n) is 6.14. The van der Waals surface area contributed by atoms with Gasteiger partial charge in [-0.3, -0.25) is 0 Å². The maximum absolute atomic E-state index is 5.86. The third kappa shape index (κ3) is 2.68. The minimum absolute atomic E-state index is 0.647. The molecule has 0 aliphatic carbocycles. The number of thiophene rings is 1. The molecule has 2 aromatic rings. The Kier molecular flexibility index (Phi) is 4.15. The number of nitrogens with zero attached hydrogens (tertiary/aromatic N) is 1. The van der Waals surface area contributed by atoms with Crippen LogP contribution in [0, 0.1) is 0 Å². The summed E-state index contributed by atoms with van der Waals surface area (Å²) in [6.07, 6.45) is 1.19. The first-order chi connectivity index (χ1) is 8.26. The van der Waals surface area contributed by atoms with Crippen LogP contribution in [-0.2, 0) is 13.1 Å². The minimum Gasteiger partial charge on any atom is -0.326 e. The number of rotatable bonds is 5. The van der Waals surface area contributed by atoms with Crippen LogP contribution in [0.25, 0.3) is 10.1 Å². The number of benzene rings is 1. The van der Waals surface area contributed by atoms with Crippen molar-refractivity contribution < 1.29 is 0 Å². The van der Waals surface area contributed by atoms with Crippen molar-refractivity contribution in [2.75, 3.05) is 13.6 Å². The molecule has 1 aromatic carbocycles. The highest BCUT2D eigenvalue weighted by molar-refractivity contribution is 7.19. The zero-order valence-electron chi connectivity index (χ0n) is 10.6. The molecule has 0 saturated carbocycles. The van der Waals surface area contributed by atoms with E-state index in [0.29, 0.717) is 6.54 Å². The highest BCUT2D eigenvalue weighted by Gasteiger charge is 2.12. The maximum atomic E-state index is 5.86. The van der Waals surface area contributed by atoms with E-state index >= 15 is 0 Å². The molecule has 3 heteroatoms. The normalized spacial score (nSPS) is 11.5. The molecule has 0 saturated heterocycles. The molecule has 0 unspecified atom stereocenters. The van der Waals surface area contributed by atoms with Crippen molar-refractivity contribution >= 4 is 21.4 Å². The predicted molar refractivity (Wildman–Crippen MR) is 76.3 cm³/mol. The highest BCUT2D eigenvalue weighted by atomic mass is 32.1.